The maximum absolute atomic E-state index is 12.3. The van der Waals surface area contributed by atoms with Crippen LogP contribution in [-0.2, 0) is 4.79 Å². The largest absolute Gasteiger partial charge is 0.423 e. The Labute approximate surface area is 230 Å². The number of unbranched alkanes of at least 4 members (excludes halogenated alkanes) is 12. The summed E-state index contributed by atoms with van der Waals surface area (Å²) in [6.07, 6.45) is 18.9. The second kappa shape index (κ2) is 19.0. The van der Waals surface area contributed by atoms with Gasteiger partial charge in [0.2, 0.25) is 5.91 Å². The van der Waals surface area contributed by atoms with Crippen molar-refractivity contribution in [3.8, 4) is 5.75 Å². The Morgan fingerprint density at radius 3 is 1.94 bits per heavy atom. The van der Waals surface area contributed by atoms with E-state index in [0.717, 1.165) is 22.0 Å². The first-order chi connectivity index (χ1) is 17.6. The SMILES string of the molecule is CCCCCCCCCCCCCCCC(=O)N/N=C\c1ccc(OC(=O)c2ccccc2I)cc1. The smallest absolute Gasteiger partial charge is 0.344 e. The minimum absolute atomic E-state index is 0.0580. The van der Waals surface area contributed by atoms with Crippen LogP contribution in [0.4, 0.5) is 0 Å². The van der Waals surface area contributed by atoms with Crippen molar-refractivity contribution in [1.29, 1.82) is 0 Å². The highest BCUT2D eigenvalue weighted by Gasteiger charge is 2.11. The molecule has 1 amide bonds. The molecule has 0 bridgehead atoms. The summed E-state index contributed by atoms with van der Waals surface area (Å²) in [4.78, 5) is 24.3. The lowest BCUT2D eigenvalue weighted by molar-refractivity contribution is -0.121. The van der Waals surface area contributed by atoms with Crippen LogP contribution >= 0.6 is 22.6 Å². The molecule has 0 aliphatic rings. The highest BCUT2D eigenvalue weighted by atomic mass is 127. The molecule has 196 valence electrons. The predicted octanol–water partition coefficient (Wildman–Crippen LogP) is 8.44. The molecule has 0 heterocycles. The van der Waals surface area contributed by atoms with Gasteiger partial charge in [-0.1, -0.05) is 96.1 Å². The summed E-state index contributed by atoms with van der Waals surface area (Å²) in [5.41, 5.74) is 3.94. The molecule has 0 saturated heterocycles. The molecule has 1 N–H and O–H groups in total. The Morgan fingerprint density at radius 1 is 0.806 bits per heavy atom. The second-order valence-corrected chi connectivity index (χ2v) is 10.4. The van der Waals surface area contributed by atoms with Gasteiger partial charge in [0, 0.05) is 9.99 Å². The Kier molecular flexibility index (Phi) is 15.8. The molecule has 0 atom stereocenters. The van der Waals surface area contributed by atoms with E-state index in [2.05, 4.69) is 40.0 Å². The van der Waals surface area contributed by atoms with Crippen molar-refractivity contribution in [2.75, 3.05) is 0 Å². The zero-order valence-electron chi connectivity index (χ0n) is 21.6. The maximum Gasteiger partial charge on any atom is 0.344 e. The molecular formula is C30H41IN2O3. The topological polar surface area (TPSA) is 67.8 Å². The van der Waals surface area contributed by atoms with Gasteiger partial charge in [-0.15, -0.1) is 0 Å². The lowest BCUT2D eigenvalue weighted by Crippen LogP contribution is -2.16. The molecule has 0 aliphatic carbocycles. The van der Waals surface area contributed by atoms with Crippen LogP contribution in [0, 0.1) is 3.57 Å². The number of halogens is 1. The van der Waals surface area contributed by atoms with E-state index in [4.69, 9.17) is 4.74 Å². The number of nitrogens with zero attached hydrogens (tertiary/aromatic N) is 1. The molecule has 0 aliphatic heterocycles. The van der Waals surface area contributed by atoms with Crippen molar-refractivity contribution in [1.82, 2.24) is 5.43 Å². The van der Waals surface area contributed by atoms with E-state index < -0.39 is 0 Å². The van der Waals surface area contributed by atoms with Gasteiger partial charge >= 0.3 is 5.97 Å². The van der Waals surface area contributed by atoms with E-state index in [1.165, 1.54) is 70.6 Å². The van der Waals surface area contributed by atoms with E-state index in [-0.39, 0.29) is 11.9 Å². The maximum atomic E-state index is 12.3. The normalized spacial score (nSPS) is 11.1. The van der Waals surface area contributed by atoms with Gasteiger partial charge in [0.25, 0.3) is 0 Å². The quantitative estimate of drug-likeness (QED) is 0.0464. The summed E-state index contributed by atoms with van der Waals surface area (Å²) in [5.74, 6) is 0.0161. The van der Waals surface area contributed by atoms with Crippen LogP contribution in [0.1, 0.15) is 113 Å². The minimum Gasteiger partial charge on any atom is -0.423 e. The van der Waals surface area contributed by atoms with Crippen molar-refractivity contribution in [3.63, 3.8) is 0 Å². The molecule has 0 radical (unpaired) electrons. The standard InChI is InChI=1S/C30H41IN2O3/c1-2-3-4-5-6-7-8-9-10-11-12-13-14-19-29(34)33-32-24-25-20-22-26(23-21-25)36-30(35)27-17-15-16-18-28(27)31/h15-18,20-24H,2-14,19H2,1H3,(H,33,34)/b32-24-. The first-order valence-corrected chi connectivity index (χ1v) is 14.6. The fraction of sp³-hybridized carbons (Fsp3) is 0.500. The molecule has 2 rings (SSSR count). The van der Waals surface area contributed by atoms with E-state index in [1.54, 1.807) is 36.5 Å². The van der Waals surface area contributed by atoms with Gasteiger partial charge in [0.15, 0.2) is 0 Å². The Hall–Kier alpha value is -2.22. The van der Waals surface area contributed by atoms with E-state index in [0.29, 0.717) is 17.7 Å². The number of amides is 1. The van der Waals surface area contributed by atoms with Crippen LogP contribution in [0.3, 0.4) is 0 Å². The van der Waals surface area contributed by atoms with E-state index >= 15 is 0 Å². The Balaban J connectivity index is 1.51. The van der Waals surface area contributed by atoms with Crippen LogP contribution in [-0.4, -0.2) is 18.1 Å². The summed E-state index contributed by atoms with van der Waals surface area (Å²) >= 11 is 2.11. The average molecular weight is 605 g/mol. The Morgan fingerprint density at radius 2 is 1.36 bits per heavy atom. The molecule has 2 aromatic carbocycles. The van der Waals surface area contributed by atoms with E-state index in [1.807, 2.05) is 18.2 Å². The van der Waals surface area contributed by atoms with Crippen LogP contribution < -0.4 is 10.2 Å². The third kappa shape index (κ3) is 13.2. The lowest BCUT2D eigenvalue weighted by atomic mass is 10.0. The van der Waals surface area contributed by atoms with Gasteiger partial charge < -0.3 is 4.74 Å². The summed E-state index contributed by atoms with van der Waals surface area (Å²) in [5, 5.41) is 4.04. The molecule has 0 saturated carbocycles. The van der Waals surface area contributed by atoms with Crippen LogP contribution in [0.25, 0.3) is 0 Å². The molecule has 6 heteroatoms. The number of hydrogen-bond donors (Lipinski definition) is 1. The van der Waals surface area contributed by atoms with Crippen LogP contribution in [0.2, 0.25) is 0 Å². The zero-order valence-corrected chi connectivity index (χ0v) is 23.8. The minimum atomic E-state index is -0.387. The van der Waals surface area contributed by atoms with Crippen LogP contribution in [0.15, 0.2) is 53.6 Å². The summed E-state index contributed by atoms with van der Waals surface area (Å²) in [7, 11) is 0. The predicted molar refractivity (Wildman–Crippen MR) is 157 cm³/mol. The number of esters is 1. The number of hydrogen-bond acceptors (Lipinski definition) is 4. The number of benzene rings is 2. The fourth-order valence-electron chi connectivity index (χ4n) is 3.95. The molecule has 0 spiro atoms. The number of ether oxygens (including phenoxy) is 1. The molecule has 0 aromatic heterocycles. The monoisotopic (exact) mass is 604 g/mol. The van der Waals surface area contributed by atoms with Gasteiger partial charge in [-0.25, -0.2) is 10.2 Å². The molecule has 0 unspecified atom stereocenters. The number of carbonyl (C=O) groups excluding carboxylic acids is 2. The Bertz CT molecular complexity index is 928. The van der Waals surface area contributed by atoms with Gasteiger partial charge in [0.05, 0.1) is 11.8 Å². The fourth-order valence-corrected chi connectivity index (χ4v) is 4.56. The number of rotatable bonds is 18. The van der Waals surface area contributed by atoms with Gasteiger partial charge in [-0.05, 0) is 71.0 Å². The molecule has 2 aromatic rings. The summed E-state index contributed by atoms with van der Waals surface area (Å²) < 4.78 is 6.28. The molecule has 36 heavy (non-hydrogen) atoms. The van der Waals surface area contributed by atoms with Gasteiger partial charge in [-0.2, -0.15) is 5.10 Å². The number of carbonyl (C=O) groups is 2. The number of nitrogens with one attached hydrogen (secondary N) is 1. The van der Waals surface area contributed by atoms with Crippen LogP contribution in [0.5, 0.6) is 5.75 Å². The average Bonchev–Trinajstić information content (AvgIpc) is 2.88. The highest BCUT2D eigenvalue weighted by molar-refractivity contribution is 14.1. The van der Waals surface area contributed by atoms with Crippen molar-refractivity contribution in [2.24, 2.45) is 5.10 Å². The van der Waals surface area contributed by atoms with Crippen molar-refractivity contribution < 1.29 is 14.3 Å². The second-order valence-electron chi connectivity index (χ2n) is 9.22. The summed E-state index contributed by atoms with van der Waals surface area (Å²) in [6, 6.07) is 14.3. The molecule has 0 fully saturated rings. The highest BCUT2D eigenvalue weighted by Crippen LogP contribution is 2.17. The van der Waals surface area contributed by atoms with Crippen molar-refractivity contribution >= 4 is 40.7 Å². The van der Waals surface area contributed by atoms with E-state index in [9.17, 15) is 9.59 Å². The lowest BCUT2D eigenvalue weighted by Gasteiger charge is -2.06. The van der Waals surface area contributed by atoms with Gasteiger partial charge in [0.1, 0.15) is 5.75 Å². The van der Waals surface area contributed by atoms with Crippen molar-refractivity contribution in [2.45, 2.75) is 96.8 Å². The molecule has 5 nitrogen and oxygen atoms in total. The zero-order chi connectivity index (χ0) is 25.8. The third-order valence-corrected chi connectivity index (χ3v) is 7.04. The first kappa shape index (κ1) is 30.0. The van der Waals surface area contributed by atoms with Gasteiger partial charge in [-0.3, -0.25) is 4.79 Å². The first-order valence-electron chi connectivity index (χ1n) is 13.5. The number of hydrazone groups is 1. The third-order valence-electron chi connectivity index (χ3n) is 6.09. The summed E-state index contributed by atoms with van der Waals surface area (Å²) in [6.45, 7) is 2.26. The molecular weight excluding hydrogens is 563 g/mol. The van der Waals surface area contributed by atoms with Crippen molar-refractivity contribution in [3.05, 3.63) is 63.2 Å².